The average Bonchev–Trinajstić information content (AvgIpc) is 3.69. The van der Waals surface area contributed by atoms with E-state index in [9.17, 15) is 4.79 Å². The third-order valence-electron chi connectivity index (χ3n) is 5.94. The molecule has 0 N–H and O–H groups in total. The Labute approximate surface area is 263 Å². The highest BCUT2D eigenvalue weighted by atomic mass is 35.5. The number of halogens is 2. The molecule has 4 aromatic rings. The lowest BCUT2D eigenvalue weighted by Crippen LogP contribution is -2.30. The molecule has 0 radical (unpaired) electrons. The quantitative estimate of drug-likeness (QED) is 0.123. The van der Waals surface area contributed by atoms with Crippen LogP contribution in [0.5, 0.6) is 5.88 Å². The van der Waals surface area contributed by atoms with E-state index in [0.717, 1.165) is 45.9 Å². The molecule has 0 unspecified atom stereocenters. The van der Waals surface area contributed by atoms with Gasteiger partial charge in [0.1, 0.15) is 11.8 Å². The van der Waals surface area contributed by atoms with Gasteiger partial charge in [0.2, 0.25) is 12.1 Å². The van der Waals surface area contributed by atoms with Gasteiger partial charge in [-0.15, -0.1) is 10.1 Å². The SMILES string of the molecule is COC(=O)N(OC)c1ccccc1COc1ccn(-c2ccc(Cl)cc2)n1.N#CN=C1SCCN1Cc1ccc(Cl)nc1. The van der Waals surface area contributed by atoms with Crippen LogP contribution in [0.1, 0.15) is 11.1 Å². The van der Waals surface area contributed by atoms with Crippen molar-refractivity contribution >= 4 is 51.9 Å². The molecule has 5 rings (SSSR count). The molecule has 0 bridgehead atoms. The minimum atomic E-state index is -0.628. The molecule has 1 amide bonds. The zero-order chi connectivity index (χ0) is 30.6. The van der Waals surface area contributed by atoms with Crippen molar-refractivity contribution in [3.05, 3.63) is 100 Å². The molecule has 222 valence electrons. The lowest BCUT2D eigenvalue weighted by molar-refractivity contribution is 0.115. The summed E-state index contributed by atoms with van der Waals surface area (Å²) in [6.45, 7) is 1.83. The standard InChI is InChI=1S/C19H18ClN3O4.C10H9ClN4S/c1-25-19(24)23(26-2)17-6-4-3-5-14(17)13-27-18-11-12-22(21-18)16-9-7-15(20)8-10-16;11-9-2-1-8(5-13-9)6-15-3-4-16-10(15)14-7-12/h3-12H,13H2,1-2H3;1-2,5H,3-4,6H2. The van der Waals surface area contributed by atoms with Gasteiger partial charge in [-0.05, 0) is 42.0 Å². The Bertz CT molecular complexity index is 1580. The Morgan fingerprint density at radius 2 is 1.91 bits per heavy atom. The number of carbonyl (C=O) groups excluding carboxylic acids is 1. The number of nitriles is 1. The van der Waals surface area contributed by atoms with Crippen LogP contribution < -0.4 is 9.80 Å². The van der Waals surface area contributed by atoms with Gasteiger partial charge in [0, 0.05) is 47.9 Å². The second kappa shape index (κ2) is 15.8. The number of hydroxylamine groups is 1. The number of anilines is 1. The molecular weight excluding hydrogens is 613 g/mol. The number of hydrogen-bond donors (Lipinski definition) is 0. The van der Waals surface area contributed by atoms with Crippen LogP contribution in [0, 0.1) is 11.5 Å². The predicted octanol–water partition coefficient (Wildman–Crippen LogP) is 6.36. The molecule has 11 nitrogen and oxygen atoms in total. The van der Waals surface area contributed by atoms with E-state index in [-0.39, 0.29) is 6.61 Å². The number of aliphatic imine (C=N–C) groups is 1. The summed E-state index contributed by atoms with van der Waals surface area (Å²) >= 11 is 13.2. The van der Waals surface area contributed by atoms with Gasteiger partial charge in [0.25, 0.3) is 0 Å². The van der Waals surface area contributed by atoms with Gasteiger partial charge < -0.3 is 14.4 Å². The number of methoxy groups -OCH3 is 1. The van der Waals surface area contributed by atoms with Crippen LogP contribution in [0.2, 0.25) is 10.2 Å². The first-order valence-electron chi connectivity index (χ1n) is 12.8. The number of thioether (sulfide) groups is 1. The third kappa shape index (κ3) is 8.86. The number of benzene rings is 2. The van der Waals surface area contributed by atoms with Gasteiger partial charge in [-0.3, -0.25) is 4.84 Å². The van der Waals surface area contributed by atoms with Crippen LogP contribution >= 0.6 is 35.0 Å². The van der Waals surface area contributed by atoms with Crippen molar-refractivity contribution in [2.75, 3.05) is 31.6 Å². The van der Waals surface area contributed by atoms with Crippen molar-refractivity contribution in [3.63, 3.8) is 0 Å². The molecule has 0 saturated carbocycles. The normalized spacial score (nSPS) is 13.2. The minimum absolute atomic E-state index is 0.199. The maximum Gasteiger partial charge on any atom is 0.438 e. The van der Waals surface area contributed by atoms with Crippen LogP contribution in [-0.4, -0.2) is 57.4 Å². The van der Waals surface area contributed by atoms with E-state index in [1.807, 2.05) is 36.5 Å². The van der Waals surface area contributed by atoms with Crippen molar-refractivity contribution in [1.82, 2.24) is 19.7 Å². The second-order valence-electron chi connectivity index (χ2n) is 8.69. The monoisotopic (exact) mass is 639 g/mol. The Hall–Kier alpha value is -4.28. The Morgan fingerprint density at radius 3 is 2.60 bits per heavy atom. The molecule has 43 heavy (non-hydrogen) atoms. The van der Waals surface area contributed by atoms with E-state index in [4.69, 9.17) is 42.8 Å². The van der Waals surface area contributed by atoms with Crippen LogP contribution in [0.25, 0.3) is 5.69 Å². The highest BCUT2D eigenvalue weighted by Crippen LogP contribution is 2.24. The van der Waals surface area contributed by atoms with Crippen molar-refractivity contribution in [2.45, 2.75) is 13.2 Å². The number of rotatable bonds is 8. The zero-order valence-electron chi connectivity index (χ0n) is 23.3. The van der Waals surface area contributed by atoms with E-state index in [2.05, 4.69) is 20.0 Å². The van der Waals surface area contributed by atoms with Crippen molar-refractivity contribution in [3.8, 4) is 17.8 Å². The van der Waals surface area contributed by atoms with Crippen LogP contribution in [-0.2, 0) is 22.7 Å². The Kier molecular flexibility index (Phi) is 11.6. The van der Waals surface area contributed by atoms with E-state index in [1.165, 1.54) is 14.2 Å². The molecule has 2 aromatic carbocycles. The van der Waals surface area contributed by atoms with Crippen molar-refractivity contribution in [1.29, 1.82) is 5.26 Å². The number of amides is 1. The summed E-state index contributed by atoms with van der Waals surface area (Å²) in [5, 5.41) is 15.9. The van der Waals surface area contributed by atoms with E-state index < -0.39 is 6.09 Å². The summed E-state index contributed by atoms with van der Waals surface area (Å²) in [5.74, 6) is 1.42. The molecule has 0 spiro atoms. The molecular formula is C29H27Cl2N7O4S. The van der Waals surface area contributed by atoms with Gasteiger partial charge in [0.15, 0.2) is 5.17 Å². The highest BCUT2D eigenvalue weighted by molar-refractivity contribution is 8.14. The number of hydrogen-bond acceptors (Lipinski definition) is 9. The lowest BCUT2D eigenvalue weighted by atomic mass is 10.2. The fourth-order valence-electron chi connectivity index (χ4n) is 3.91. The first-order chi connectivity index (χ1) is 20.9. The van der Waals surface area contributed by atoms with Gasteiger partial charge >= 0.3 is 6.09 Å². The summed E-state index contributed by atoms with van der Waals surface area (Å²) in [6.07, 6.45) is 4.73. The molecule has 14 heteroatoms. The summed E-state index contributed by atoms with van der Waals surface area (Å²) in [5.41, 5.74) is 3.21. The van der Waals surface area contributed by atoms with Crippen molar-refractivity contribution < 1.29 is 19.1 Å². The molecule has 1 aliphatic rings. The van der Waals surface area contributed by atoms with Crippen LogP contribution in [0.15, 0.2) is 84.1 Å². The van der Waals surface area contributed by atoms with E-state index in [0.29, 0.717) is 21.7 Å². The number of carbonyl (C=O) groups is 1. The molecule has 1 aliphatic heterocycles. The number of aromatic nitrogens is 3. The predicted molar refractivity (Wildman–Crippen MR) is 166 cm³/mol. The number of pyridine rings is 1. The summed E-state index contributed by atoms with van der Waals surface area (Å²) < 4.78 is 12.2. The molecule has 3 heterocycles. The fourth-order valence-corrected chi connectivity index (χ4v) is 5.08. The highest BCUT2D eigenvalue weighted by Gasteiger charge is 2.20. The van der Waals surface area contributed by atoms with E-state index in [1.54, 1.807) is 65.2 Å². The van der Waals surface area contributed by atoms with Gasteiger partial charge in [0.05, 0.1) is 25.6 Å². The third-order valence-corrected chi connectivity index (χ3v) is 7.41. The minimum Gasteiger partial charge on any atom is -0.472 e. The summed E-state index contributed by atoms with van der Waals surface area (Å²) in [6, 6.07) is 20.0. The maximum absolute atomic E-state index is 11.9. The number of nitrogens with zero attached hydrogens (tertiary/aromatic N) is 7. The number of para-hydroxylation sites is 1. The van der Waals surface area contributed by atoms with E-state index >= 15 is 0 Å². The number of amidine groups is 1. The Balaban J connectivity index is 0.000000225. The average molecular weight is 641 g/mol. The second-order valence-corrected chi connectivity index (χ2v) is 10.6. The largest absolute Gasteiger partial charge is 0.472 e. The van der Waals surface area contributed by atoms with Gasteiger partial charge in [-0.25, -0.2) is 14.5 Å². The smallest absolute Gasteiger partial charge is 0.438 e. The molecule has 1 saturated heterocycles. The lowest BCUT2D eigenvalue weighted by Gasteiger charge is -2.20. The van der Waals surface area contributed by atoms with Crippen LogP contribution in [0.3, 0.4) is 0 Å². The van der Waals surface area contributed by atoms with Gasteiger partial charge in [-0.1, -0.05) is 59.2 Å². The first kappa shape index (κ1) is 31.7. The fraction of sp³-hybridized carbons (Fsp3) is 0.207. The maximum atomic E-state index is 11.9. The summed E-state index contributed by atoms with van der Waals surface area (Å²) in [4.78, 5) is 26.9. The zero-order valence-corrected chi connectivity index (χ0v) is 25.6. The van der Waals surface area contributed by atoms with Crippen molar-refractivity contribution in [2.24, 2.45) is 4.99 Å². The van der Waals surface area contributed by atoms with Gasteiger partial charge in [-0.2, -0.15) is 10.3 Å². The first-order valence-corrected chi connectivity index (χ1v) is 14.6. The topological polar surface area (TPSA) is 118 Å². The molecule has 0 aliphatic carbocycles. The number of ether oxygens (including phenoxy) is 2. The van der Waals surface area contributed by atoms with Crippen LogP contribution in [0.4, 0.5) is 10.5 Å². The summed E-state index contributed by atoms with van der Waals surface area (Å²) in [7, 11) is 2.68. The molecule has 1 fully saturated rings. The molecule has 0 atom stereocenters. The molecule has 2 aromatic heterocycles. The Morgan fingerprint density at radius 1 is 1.12 bits per heavy atom.